The van der Waals surface area contributed by atoms with Gasteiger partial charge < -0.3 is 15.0 Å². The van der Waals surface area contributed by atoms with Gasteiger partial charge in [-0.25, -0.2) is 8.78 Å². The average Bonchev–Trinajstić information content (AvgIpc) is 3.03. The number of halogens is 2. The molecular weight excluding hydrogens is 356 g/mol. The van der Waals surface area contributed by atoms with E-state index in [0.29, 0.717) is 32.5 Å². The first-order valence-electron chi connectivity index (χ1n) is 10.00. The summed E-state index contributed by atoms with van der Waals surface area (Å²) in [7, 11) is 0. The molecule has 0 aromatic heterocycles. The number of likely N-dealkylation sites (tertiary alicyclic amines) is 1. The average molecular weight is 387 g/mol. The lowest BCUT2D eigenvalue weighted by molar-refractivity contribution is -0.129. The van der Waals surface area contributed by atoms with E-state index in [2.05, 4.69) is 10.2 Å². The van der Waals surface area contributed by atoms with Crippen LogP contribution >= 0.6 is 0 Å². The third-order valence-electron chi connectivity index (χ3n) is 6.25. The quantitative estimate of drug-likeness (QED) is 0.750. The number of carbonyl (C=O) groups is 2. The van der Waals surface area contributed by atoms with E-state index in [4.69, 9.17) is 4.74 Å². The highest BCUT2D eigenvalue weighted by atomic mass is 19.3. The summed E-state index contributed by atoms with van der Waals surface area (Å²) < 4.78 is 32.0. The summed E-state index contributed by atoms with van der Waals surface area (Å²) in [4.78, 5) is 28.7. The number of morpholine rings is 1. The Bertz CT molecular complexity index is 542. The van der Waals surface area contributed by atoms with Gasteiger partial charge in [0.15, 0.2) is 0 Å². The number of carbonyl (C=O) groups excluding carboxylic acids is 2. The molecule has 2 amide bonds. The minimum Gasteiger partial charge on any atom is -0.379 e. The van der Waals surface area contributed by atoms with E-state index in [0.717, 1.165) is 32.8 Å². The van der Waals surface area contributed by atoms with Gasteiger partial charge in [0.1, 0.15) is 0 Å². The Kier molecular flexibility index (Phi) is 6.35. The Morgan fingerprint density at radius 1 is 1.19 bits per heavy atom. The highest BCUT2D eigenvalue weighted by Crippen LogP contribution is 2.42. The molecule has 0 aromatic rings. The van der Waals surface area contributed by atoms with Crippen molar-refractivity contribution < 1.29 is 23.1 Å². The van der Waals surface area contributed by atoms with Crippen LogP contribution in [0.1, 0.15) is 39.0 Å². The third kappa shape index (κ3) is 5.60. The fourth-order valence-corrected chi connectivity index (χ4v) is 4.09. The third-order valence-corrected chi connectivity index (χ3v) is 6.25. The van der Waals surface area contributed by atoms with Gasteiger partial charge in [-0.1, -0.05) is 6.92 Å². The maximum atomic E-state index is 13.3. The van der Waals surface area contributed by atoms with Crippen molar-refractivity contribution in [2.24, 2.45) is 11.3 Å². The molecule has 1 atom stereocenters. The fourth-order valence-electron chi connectivity index (χ4n) is 4.09. The molecule has 154 valence electrons. The standard InChI is InChI=1S/C19H31F2N3O3/c1-18(2-4-19(20,21)5-3-18)14-22-17(26)15-12-16(25)24(13-15)7-6-23-8-10-27-11-9-23/h15H,2-14H2,1H3,(H,22,26). The van der Waals surface area contributed by atoms with Gasteiger partial charge in [0, 0.05) is 58.5 Å². The molecule has 2 saturated heterocycles. The normalized spacial score (nSPS) is 28.3. The van der Waals surface area contributed by atoms with Crippen molar-refractivity contribution in [1.29, 1.82) is 0 Å². The van der Waals surface area contributed by atoms with Gasteiger partial charge in [-0.15, -0.1) is 0 Å². The second-order valence-corrected chi connectivity index (χ2v) is 8.58. The van der Waals surface area contributed by atoms with Crippen molar-refractivity contribution in [3.63, 3.8) is 0 Å². The second-order valence-electron chi connectivity index (χ2n) is 8.58. The summed E-state index contributed by atoms with van der Waals surface area (Å²) >= 11 is 0. The number of rotatable bonds is 6. The van der Waals surface area contributed by atoms with Crippen LogP contribution in [0.2, 0.25) is 0 Å². The SMILES string of the molecule is CC1(CNC(=O)C2CC(=O)N(CCN3CCOCC3)C2)CCC(F)(F)CC1. The van der Waals surface area contributed by atoms with Crippen LogP contribution in [-0.2, 0) is 14.3 Å². The Balaban J connectivity index is 1.40. The zero-order valence-corrected chi connectivity index (χ0v) is 16.1. The van der Waals surface area contributed by atoms with Crippen molar-refractivity contribution >= 4 is 11.8 Å². The summed E-state index contributed by atoms with van der Waals surface area (Å²) in [6.07, 6.45) is 0.835. The van der Waals surface area contributed by atoms with Gasteiger partial charge >= 0.3 is 0 Å². The molecule has 0 aromatic carbocycles. The molecule has 27 heavy (non-hydrogen) atoms. The first-order chi connectivity index (χ1) is 12.8. The van der Waals surface area contributed by atoms with Crippen molar-refractivity contribution in [3.05, 3.63) is 0 Å². The largest absolute Gasteiger partial charge is 0.379 e. The number of alkyl halides is 2. The van der Waals surface area contributed by atoms with Crippen LogP contribution in [0.25, 0.3) is 0 Å². The van der Waals surface area contributed by atoms with E-state index < -0.39 is 5.92 Å². The predicted molar refractivity (Wildman–Crippen MR) is 96.5 cm³/mol. The Hall–Kier alpha value is -1.28. The van der Waals surface area contributed by atoms with E-state index in [-0.39, 0.29) is 42.4 Å². The predicted octanol–water partition coefficient (Wildman–Crippen LogP) is 1.50. The Morgan fingerprint density at radius 3 is 2.52 bits per heavy atom. The van der Waals surface area contributed by atoms with E-state index in [1.54, 1.807) is 4.90 Å². The molecular formula is C19H31F2N3O3. The molecule has 6 nitrogen and oxygen atoms in total. The maximum Gasteiger partial charge on any atom is 0.248 e. The summed E-state index contributed by atoms with van der Waals surface area (Å²) in [6, 6.07) is 0. The van der Waals surface area contributed by atoms with Crippen LogP contribution in [0.15, 0.2) is 0 Å². The Labute approximate surface area is 159 Å². The van der Waals surface area contributed by atoms with Gasteiger partial charge in [-0.3, -0.25) is 14.5 Å². The summed E-state index contributed by atoms with van der Waals surface area (Å²) in [5.41, 5.74) is -0.282. The molecule has 0 spiro atoms. The van der Waals surface area contributed by atoms with E-state index in [1.165, 1.54) is 0 Å². The smallest absolute Gasteiger partial charge is 0.248 e. The van der Waals surface area contributed by atoms with Gasteiger partial charge in [-0.05, 0) is 18.3 Å². The maximum absolute atomic E-state index is 13.3. The highest BCUT2D eigenvalue weighted by Gasteiger charge is 2.41. The van der Waals surface area contributed by atoms with Crippen LogP contribution in [0.5, 0.6) is 0 Å². The molecule has 0 bridgehead atoms. The molecule has 1 N–H and O–H groups in total. The fraction of sp³-hybridized carbons (Fsp3) is 0.895. The van der Waals surface area contributed by atoms with E-state index >= 15 is 0 Å². The molecule has 0 radical (unpaired) electrons. The number of hydrogen-bond donors (Lipinski definition) is 1. The zero-order valence-electron chi connectivity index (χ0n) is 16.1. The second kappa shape index (κ2) is 8.39. The summed E-state index contributed by atoms with van der Waals surface area (Å²) in [5, 5.41) is 2.92. The summed E-state index contributed by atoms with van der Waals surface area (Å²) in [5.74, 6) is -3.01. The molecule has 2 aliphatic heterocycles. The van der Waals surface area contributed by atoms with Crippen LogP contribution in [0.3, 0.4) is 0 Å². The minimum atomic E-state index is -2.57. The van der Waals surface area contributed by atoms with E-state index in [9.17, 15) is 18.4 Å². The van der Waals surface area contributed by atoms with Crippen LogP contribution in [0, 0.1) is 11.3 Å². The molecule has 1 saturated carbocycles. The molecule has 3 fully saturated rings. The highest BCUT2D eigenvalue weighted by molar-refractivity contribution is 5.89. The zero-order chi connectivity index (χ0) is 19.5. The lowest BCUT2D eigenvalue weighted by Crippen LogP contribution is -2.43. The van der Waals surface area contributed by atoms with Gasteiger partial charge in [0.25, 0.3) is 0 Å². The topological polar surface area (TPSA) is 61.9 Å². The number of nitrogens with one attached hydrogen (secondary N) is 1. The lowest BCUT2D eigenvalue weighted by atomic mass is 9.74. The minimum absolute atomic E-state index is 0.0203. The monoisotopic (exact) mass is 387 g/mol. The van der Waals surface area contributed by atoms with Crippen molar-refractivity contribution in [2.75, 3.05) is 52.5 Å². The van der Waals surface area contributed by atoms with Crippen LogP contribution in [-0.4, -0.2) is 80.0 Å². The molecule has 8 heteroatoms. The molecule has 3 rings (SSSR count). The number of nitrogens with zero attached hydrogens (tertiary/aromatic N) is 2. The van der Waals surface area contributed by atoms with Crippen LogP contribution in [0.4, 0.5) is 8.78 Å². The van der Waals surface area contributed by atoms with Crippen molar-refractivity contribution in [3.8, 4) is 0 Å². The molecule has 1 aliphatic carbocycles. The number of amides is 2. The molecule has 2 heterocycles. The number of ether oxygens (including phenoxy) is 1. The van der Waals surface area contributed by atoms with Gasteiger partial charge in [0.05, 0.1) is 19.1 Å². The molecule has 1 unspecified atom stereocenters. The van der Waals surface area contributed by atoms with Crippen molar-refractivity contribution in [1.82, 2.24) is 15.1 Å². The lowest BCUT2D eigenvalue weighted by Gasteiger charge is -2.37. The first kappa shape index (κ1) is 20.5. The van der Waals surface area contributed by atoms with Crippen molar-refractivity contribution in [2.45, 2.75) is 45.0 Å². The first-order valence-corrected chi connectivity index (χ1v) is 10.00. The van der Waals surface area contributed by atoms with Crippen LogP contribution < -0.4 is 5.32 Å². The summed E-state index contributed by atoms with van der Waals surface area (Å²) in [6.45, 7) is 7.45. The van der Waals surface area contributed by atoms with Gasteiger partial charge in [-0.2, -0.15) is 0 Å². The molecule has 3 aliphatic rings. The van der Waals surface area contributed by atoms with Gasteiger partial charge in [0.2, 0.25) is 17.7 Å². The van der Waals surface area contributed by atoms with E-state index in [1.807, 2.05) is 6.92 Å². The number of hydrogen-bond acceptors (Lipinski definition) is 4. The Morgan fingerprint density at radius 2 is 1.85 bits per heavy atom.